The second-order valence-electron chi connectivity index (χ2n) is 6.64. The number of nitro groups is 1. The number of carbonyl (C=O) groups is 1. The van der Waals surface area contributed by atoms with Crippen molar-refractivity contribution in [2.75, 3.05) is 19.6 Å². The van der Waals surface area contributed by atoms with Crippen LogP contribution in [0.2, 0.25) is 0 Å². The molecule has 2 fully saturated rings. The number of carbonyl (C=O) groups excluding carboxylic acids is 1. The SMILES string of the molecule is Cc1cccc([N+](=O)[O-])c1C(=O)N1CCC(NCC2CC2)CC1.Cl. The Balaban J connectivity index is 0.00000208. The lowest BCUT2D eigenvalue weighted by Crippen LogP contribution is -2.45. The highest BCUT2D eigenvalue weighted by Gasteiger charge is 2.30. The minimum atomic E-state index is -0.468. The number of piperidine rings is 1. The standard InChI is InChI=1S/C17H23N3O3.ClH/c1-12-3-2-4-15(20(22)23)16(12)17(21)19-9-7-14(8-10-19)18-11-13-5-6-13;/h2-4,13-14,18H,5-11H2,1H3;1H. The van der Waals surface area contributed by atoms with Gasteiger partial charge in [-0.3, -0.25) is 14.9 Å². The minimum Gasteiger partial charge on any atom is -0.338 e. The summed E-state index contributed by atoms with van der Waals surface area (Å²) in [6.45, 7) is 4.16. The number of nitrogens with zero attached hydrogens (tertiary/aromatic N) is 2. The molecule has 1 aromatic rings. The minimum absolute atomic E-state index is 0. The Morgan fingerprint density at radius 1 is 1.29 bits per heavy atom. The predicted octanol–water partition coefficient (Wildman–Crippen LogP) is 2.93. The molecular formula is C17H24ClN3O3. The van der Waals surface area contributed by atoms with E-state index in [1.54, 1.807) is 24.0 Å². The average Bonchev–Trinajstić information content (AvgIpc) is 3.37. The third kappa shape index (κ3) is 4.24. The van der Waals surface area contributed by atoms with E-state index in [-0.39, 0.29) is 29.6 Å². The van der Waals surface area contributed by atoms with Crippen LogP contribution in [-0.4, -0.2) is 41.4 Å². The van der Waals surface area contributed by atoms with Gasteiger partial charge >= 0.3 is 0 Å². The lowest BCUT2D eigenvalue weighted by Gasteiger charge is -2.32. The molecule has 0 radical (unpaired) electrons. The maximum absolute atomic E-state index is 12.7. The van der Waals surface area contributed by atoms with E-state index >= 15 is 0 Å². The Bertz CT molecular complexity index is 611. The summed E-state index contributed by atoms with van der Waals surface area (Å²) in [4.78, 5) is 25.2. The van der Waals surface area contributed by atoms with Crippen molar-refractivity contribution in [1.82, 2.24) is 10.2 Å². The summed E-state index contributed by atoms with van der Waals surface area (Å²) < 4.78 is 0. The van der Waals surface area contributed by atoms with Crippen LogP contribution in [0.3, 0.4) is 0 Å². The number of benzene rings is 1. The van der Waals surface area contributed by atoms with Gasteiger partial charge in [0.2, 0.25) is 0 Å². The van der Waals surface area contributed by atoms with Gasteiger partial charge in [-0.25, -0.2) is 0 Å². The summed E-state index contributed by atoms with van der Waals surface area (Å²) in [5.41, 5.74) is 0.809. The summed E-state index contributed by atoms with van der Waals surface area (Å²) in [5.74, 6) is 0.639. The number of likely N-dealkylation sites (tertiary alicyclic amines) is 1. The van der Waals surface area contributed by atoms with E-state index < -0.39 is 4.92 Å². The monoisotopic (exact) mass is 353 g/mol. The molecule has 7 heteroatoms. The first-order valence-corrected chi connectivity index (χ1v) is 8.33. The maximum atomic E-state index is 12.7. The number of hydrogen-bond acceptors (Lipinski definition) is 4. The molecule has 0 bridgehead atoms. The van der Waals surface area contributed by atoms with E-state index in [4.69, 9.17) is 0 Å². The fourth-order valence-electron chi connectivity index (χ4n) is 3.18. The van der Waals surface area contributed by atoms with Crippen LogP contribution in [0, 0.1) is 23.0 Å². The van der Waals surface area contributed by atoms with Crippen molar-refractivity contribution >= 4 is 24.0 Å². The molecule has 132 valence electrons. The van der Waals surface area contributed by atoms with Gasteiger partial charge in [0.05, 0.1) is 4.92 Å². The van der Waals surface area contributed by atoms with Crippen molar-refractivity contribution in [2.24, 2.45) is 5.92 Å². The largest absolute Gasteiger partial charge is 0.338 e. The van der Waals surface area contributed by atoms with Crippen LogP contribution in [0.1, 0.15) is 41.6 Å². The van der Waals surface area contributed by atoms with Crippen LogP contribution < -0.4 is 5.32 Å². The first kappa shape index (κ1) is 18.7. The molecule has 2 aliphatic rings. The molecule has 1 saturated carbocycles. The molecule has 3 rings (SSSR count). The summed E-state index contributed by atoms with van der Waals surface area (Å²) in [5, 5.41) is 14.8. The third-order valence-electron chi connectivity index (χ3n) is 4.84. The van der Waals surface area contributed by atoms with Gasteiger partial charge in [-0.05, 0) is 50.6 Å². The fraction of sp³-hybridized carbons (Fsp3) is 0.588. The number of nitro benzene ring substituents is 1. The van der Waals surface area contributed by atoms with Crippen LogP contribution in [0.25, 0.3) is 0 Å². The van der Waals surface area contributed by atoms with Gasteiger partial charge in [-0.1, -0.05) is 12.1 Å². The van der Waals surface area contributed by atoms with E-state index in [9.17, 15) is 14.9 Å². The molecule has 0 spiro atoms. The maximum Gasteiger partial charge on any atom is 0.282 e. The molecule has 1 N–H and O–H groups in total. The summed E-state index contributed by atoms with van der Waals surface area (Å²) >= 11 is 0. The van der Waals surface area contributed by atoms with Crippen LogP contribution >= 0.6 is 12.4 Å². The molecule has 1 aliphatic carbocycles. The van der Waals surface area contributed by atoms with Crippen molar-refractivity contribution < 1.29 is 9.72 Å². The molecule has 1 aromatic carbocycles. The van der Waals surface area contributed by atoms with Crippen LogP contribution in [0.5, 0.6) is 0 Å². The summed E-state index contributed by atoms with van der Waals surface area (Å²) in [6.07, 6.45) is 4.50. The Kier molecular flexibility index (Phi) is 6.18. The van der Waals surface area contributed by atoms with Crippen molar-refractivity contribution in [3.05, 3.63) is 39.4 Å². The molecule has 0 atom stereocenters. The van der Waals surface area contributed by atoms with Gasteiger partial charge in [-0.2, -0.15) is 0 Å². The van der Waals surface area contributed by atoms with E-state index in [1.165, 1.54) is 18.9 Å². The third-order valence-corrected chi connectivity index (χ3v) is 4.84. The van der Waals surface area contributed by atoms with Gasteiger partial charge in [0, 0.05) is 25.2 Å². The van der Waals surface area contributed by atoms with Crippen LogP contribution in [0.15, 0.2) is 18.2 Å². The second-order valence-corrected chi connectivity index (χ2v) is 6.64. The first-order valence-electron chi connectivity index (χ1n) is 8.33. The molecular weight excluding hydrogens is 330 g/mol. The Labute approximate surface area is 148 Å². The summed E-state index contributed by atoms with van der Waals surface area (Å²) in [6, 6.07) is 5.25. The molecule has 0 aromatic heterocycles. The zero-order valence-corrected chi connectivity index (χ0v) is 14.7. The van der Waals surface area contributed by atoms with E-state index in [2.05, 4.69) is 5.32 Å². The highest BCUT2D eigenvalue weighted by Crippen LogP contribution is 2.28. The first-order chi connectivity index (χ1) is 11.1. The van der Waals surface area contributed by atoms with Gasteiger partial charge < -0.3 is 10.2 Å². The molecule has 6 nitrogen and oxygen atoms in total. The number of nitrogens with one attached hydrogen (secondary N) is 1. The van der Waals surface area contributed by atoms with Crippen molar-refractivity contribution in [1.29, 1.82) is 0 Å². The van der Waals surface area contributed by atoms with E-state index in [0.29, 0.717) is 24.7 Å². The van der Waals surface area contributed by atoms with E-state index in [1.807, 2.05) is 0 Å². The Morgan fingerprint density at radius 2 is 1.96 bits per heavy atom. The van der Waals surface area contributed by atoms with Gasteiger partial charge in [0.25, 0.3) is 11.6 Å². The number of amides is 1. The van der Waals surface area contributed by atoms with Crippen molar-refractivity contribution in [3.8, 4) is 0 Å². The molecule has 0 unspecified atom stereocenters. The average molecular weight is 354 g/mol. The number of hydrogen-bond donors (Lipinski definition) is 1. The van der Waals surface area contributed by atoms with Crippen molar-refractivity contribution in [3.63, 3.8) is 0 Å². The van der Waals surface area contributed by atoms with Gasteiger partial charge in [-0.15, -0.1) is 12.4 Å². The Hall–Kier alpha value is -1.66. The van der Waals surface area contributed by atoms with Gasteiger partial charge in [0.1, 0.15) is 5.56 Å². The molecule has 1 saturated heterocycles. The molecule has 1 heterocycles. The normalized spacial score (nSPS) is 18.1. The zero-order chi connectivity index (χ0) is 16.4. The lowest BCUT2D eigenvalue weighted by atomic mass is 10.0. The predicted molar refractivity (Wildman–Crippen MR) is 94.7 cm³/mol. The Morgan fingerprint density at radius 3 is 2.54 bits per heavy atom. The number of halogens is 1. The van der Waals surface area contributed by atoms with E-state index in [0.717, 1.165) is 25.3 Å². The number of rotatable bonds is 5. The smallest absolute Gasteiger partial charge is 0.282 e. The highest BCUT2D eigenvalue weighted by molar-refractivity contribution is 5.99. The van der Waals surface area contributed by atoms with Crippen LogP contribution in [-0.2, 0) is 0 Å². The quantitative estimate of drug-likeness (QED) is 0.652. The zero-order valence-electron chi connectivity index (χ0n) is 13.9. The van der Waals surface area contributed by atoms with Gasteiger partial charge in [0.15, 0.2) is 0 Å². The molecule has 1 aliphatic heterocycles. The number of aryl methyl sites for hydroxylation is 1. The van der Waals surface area contributed by atoms with Crippen molar-refractivity contribution in [2.45, 2.75) is 38.6 Å². The topological polar surface area (TPSA) is 75.5 Å². The highest BCUT2D eigenvalue weighted by atomic mass is 35.5. The van der Waals surface area contributed by atoms with Crippen LogP contribution in [0.4, 0.5) is 5.69 Å². The molecule has 24 heavy (non-hydrogen) atoms. The summed E-state index contributed by atoms with van der Waals surface area (Å²) in [7, 11) is 0. The lowest BCUT2D eigenvalue weighted by molar-refractivity contribution is -0.385. The second kappa shape index (κ2) is 7.94. The molecule has 1 amide bonds. The fourth-order valence-corrected chi connectivity index (χ4v) is 3.18.